The molecular formula is C55H52N6O7Si. The molecule has 13 nitrogen and oxygen atoms in total. The molecule has 0 bridgehead atoms. The highest BCUT2D eigenvalue weighted by Crippen LogP contribution is 2.60. The Morgan fingerprint density at radius 3 is 2.00 bits per heavy atom. The van der Waals surface area contributed by atoms with Crippen LogP contribution in [0.4, 0.5) is 5.69 Å². The van der Waals surface area contributed by atoms with Crippen molar-refractivity contribution in [2.24, 2.45) is 5.92 Å². The molecule has 10 rings (SSSR count). The van der Waals surface area contributed by atoms with Gasteiger partial charge in [-0.2, -0.15) is 19.6 Å². The van der Waals surface area contributed by atoms with E-state index in [-0.39, 0.29) is 54.6 Å². The zero-order chi connectivity index (χ0) is 48.0. The lowest BCUT2D eigenvalue weighted by atomic mass is 9.82. The Labute approximate surface area is 399 Å². The van der Waals surface area contributed by atoms with E-state index in [9.17, 15) is 19.5 Å². The molecule has 2 amide bonds. The van der Waals surface area contributed by atoms with Gasteiger partial charge in [-0.05, 0) is 71.3 Å². The molecule has 0 radical (unpaired) electrons. The highest BCUT2D eigenvalue weighted by Gasteiger charge is 2.66. The van der Waals surface area contributed by atoms with Crippen molar-refractivity contribution in [3.63, 3.8) is 0 Å². The number of aliphatic hydroxyl groups excluding tert-OH is 1. The average Bonchev–Trinajstić information content (AvgIpc) is 3.79. The van der Waals surface area contributed by atoms with Crippen LogP contribution in [-0.2, 0) is 33.0 Å². The predicted octanol–water partition coefficient (Wildman–Crippen LogP) is 7.27. The van der Waals surface area contributed by atoms with Gasteiger partial charge in [-0.1, -0.05) is 116 Å². The summed E-state index contributed by atoms with van der Waals surface area (Å²) < 4.78 is 15.7. The molecule has 4 heterocycles. The maximum Gasteiger partial charge on any atom is 0.279 e. The molecular weight excluding hydrogens is 885 g/mol. The summed E-state index contributed by atoms with van der Waals surface area (Å²) in [5.41, 5.74) is 1.36. The fraction of sp³-hybridized carbons (Fsp3) is 0.236. The molecule has 2 aliphatic rings. The van der Waals surface area contributed by atoms with E-state index in [0.717, 1.165) is 21.7 Å². The Bertz CT molecular complexity index is 3380. The Morgan fingerprint density at radius 1 is 0.754 bits per heavy atom. The minimum absolute atomic E-state index is 0.0419. The normalized spacial score (nSPS) is 18.8. The van der Waals surface area contributed by atoms with E-state index in [4.69, 9.17) is 9.47 Å². The Kier molecular flexibility index (Phi) is 11.9. The van der Waals surface area contributed by atoms with Gasteiger partial charge in [-0.3, -0.25) is 19.2 Å². The number of hydrogen-bond acceptors (Lipinski definition) is 9. The molecule has 69 heavy (non-hydrogen) atoms. The summed E-state index contributed by atoms with van der Waals surface area (Å²) in [6.45, 7) is 6.88. The number of rotatable bonds is 13. The van der Waals surface area contributed by atoms with Crippen molar-refractivity contribution in [3.05, 3.63) is 195 Å². The summed E-state index contributed by atoms with van der Waals surface area (Å²) in [7, 11) is -1.08. The monoisotopic (exact) mass is 936 g/mol. The van der Waals surface area contributed by atoms with E-state index in [1.165, 1.54) is 9.36 Å². The van der Waals surface area contributed by atoms with Gasteiger partial charge in [0.1, 0.15) is 5.75 Å². The standard InChI is InChI=1S/C55H52N6O7Si/c1-36-51(69(3,4)44-24-22-43(67-2)23-25-44)49(31-50(63)58(27-28-62)34-37-13-6-5-7-14-37)68-55(36)47-30-42(61-53(65)46-20-11-9-17-40(46)33-57-61)21-26-48(47)59(54(55)66)35-38-15-12-18-41(29-38)60-52(64)45-19-10-8-16-39(45)32-56-60/h5-26,29-30,32-33,36,49,51,62H,27-28,31,34-35H2,1-4H3/t36-,49+,51-,55+/m1/s1. The van der Waals surface area contributed by atoms with Crippen LogP contribution in [0.3, 0.4) is 0 Å². The maximum absolute atomic E-state index is 16.0. The molecule has 348 valence electrons. The highest BCUT2D eigenvalue weighted by molar-refractivity contribution is 6.91. The predicted molar refractivity (Wildman–Crippen MR) is 269 cm³/mol. The van der Waals surface area contributed by atoms with Gasteiger partial charge in [0, 0.05) is 35.3 Å². The zero-order valence-corrected chi connectivity index (χ0v) is 39.9. The van der Waals surface area contributed by atoms with Crippen LogP contribution in [-0.4, -0.2) is 75.8 Å². The van der Waals surface area contributed by atoms with Gasteiger partial charge in [-0.15, -0.1) is 0 Å². The fourth-order valence-corrected chi connectivity index (χ4v) is 14.8. The first kappa shape index (κ1) is 45.3. The van der Waals surface area contributed by atoms with E-state index >= 15 is 4.79 Å². The van der Waals surface area contributed by atoms with Gasteiger partial charge in [0.15, 0.2) is 5.60 Å². The van der Waals surface area contributed by atoms with Crippen LogP contribution in [0, 0.1) is 5.92 Å². The summed E-state index contributed by atoms with van der Waals surface area (Å²) in [5, 5.41) is 22.9. The summed E-state index contributed by atoms with van der Waals surface area (Å²) in [4.78, 5) is 61.9. The van der Waals surface area contributed by atoms with Crippen molar-refractivity contribution >= 4 is 52.3 Å². The number of aliphatic hydroxyl groups is 1. The number of nitrogens with zero attached hydrogens (tertiary/aromatic N) is 6. The first-order chi connectivity index (χ1) is 33.4. The molecule has 2 aromatic heterocycles. The number of amides is 2. The van der Waals surface area contributed by atoms with Crippen LogP contribution in [0.2, 0.25) is 18.6 Å². The topological polar surface area (TPSA) is 149 Å². The van der Waals surface area contributed by atoms with E-state index in [0.29, 0.717) is 51.1 Å². The van der Waals surface area contributed by atoms with Gasteiger partial charge >= 0.3 is 0 Å². The molecule has 1 N–H and O–H groups in total. The summed E-state index contributed by atoms with van der Waals surface area (Å²) in [6, 6.07) is 45.2. The second kappa shape index (κ2) is 18.2. The third-order valence-corrected chi connectivity index (χ3v) is 18.6. The second-order valence-corrected chi connectivity index (χ2v) is 23.2. The third kappa shape index (κ3) is 7.93. The zero-order valence-electron chi connectivity index (χ0n) is 38.9. The molecule has 4 atom stereocenters. The molecule has 1 spiro atoms. The lowest BCUT2D eigenvalue weighted by Crippen LogP contribution is -2.52. The lowest BCUT2D eigenvalue weighted by Gasteiger charge is -2.37. The number of benzene rings is 6. The minimum atomic E-state index is -2.71. The number of aromatic nitrogens is 4. The number of methoxy groups -OCH3 is 1. The molecule has 1 fully saturated rings. The van der Waals surface area contributed by atoms with Crippen LogP contribution in [0.5, 0.6) is 5.75 Å². The van der Waals surface area contributed by atoms with E-state index in [1.54, 1.807) is 47.5 Å². The quantitative estimate of drug-likeness (QED) is 0.118. The molecule has 0 aliphatic carbocycles. The van der Waals surface area contributed by atoms with Gasteiger partial charge in [-0.25, -0.2) is 0 Å². The van der Waals surface area contributed by atoms with Crippen molar-refractivity contribution in [1.29, 1.82) is 0 Å². The van der Waals surface area contributed by atoms with E-state index in [2.05, 4.69) is 42.3 Å². The SMILES string of the molecule is COc1ccc([Si](C)(C)[C@H]2[C@H](CC(=O)N(CCO)Cc3ccccc3)O[C@@]3(C(=O)N(Cc4cccc(-n5ncc6ccccc6c5=O)c4)c4ccc(-n5ncc6ccccc6c5=O)cc43)[C@@H]2C)cc1. The molecule has 2 aliphatic heterocycles. The van der Waals surface area contributed by atoms with Crippen LogP contribution in [0.1, 0.15) is 30.0 Å². The van der Waals surface area contributed by atoms with Gasteiger partial charge in [0.05, 0.1) is 81.1 Å². The molecule has 1 saturated heterocycles. The molecule has 0 unspecified atom stereocenters. The van der Waals surface area contributed by atoms with Gasteiger partial charge < -0.3 is 24.4 Å². The Morgan fingerprint density at radius 2 is 1.36 bits per heavy atom. The minimum Gasteiger partial charge on any atom is -0.497 e. The van der Waals surface area contributed by atoms with Crippen molar-refractivity contribution in [2.45, 2.75) is 56.8 Å². The van der Waals surface area contributed by atoms with Gasteiger partial charge in [0.2, 0.25) is 5.91 Å². The fourth-order valence-electron chi connectivity index (χ4n) is 10.8. The Hall–Kier alpha value is -7.52. The summed E-state index contributed by atoms with van der Waals surface area (Å²) >= 11 is 0. The number of hydrogen-bond donors (Lipinski definition) is 1. The maximum atomic E-state index is 16.0. The second-order valence-electron chi connectivity index (χ2n) is 18.5. The van der Waals surface area contributed by atoms with Crippen LogP contribution >= 0.6 is 0 Å². The molecule has 0 saturated carbocycles. The molecule has 6 aromatic carbocycles. The van der Waals surface area contributed by atoms with Crippen molar-refractivity contribution < 1.29 is 24.2 Å². The lowest BCUT2D eigenvalue weighted by molar-refractivity contribution is -0.150. The summed E-state index contributed by atoms with van der Waals surface area (Å²) in [5.74, 6) is -0.277. The number of anilines is 1. The van der Waals surface area contributed by atoms with E-state index in [1.807, 2.05) is 115 Å². The van der Waals surface area contributed by atoms with Crippen molar-refractivity contribution in [3.8, 4) is 17.1 Å². The molecule has 14 heteroatoms. The third-order valence-electron chi connectivity index (χ3n) is 14.3. The number of ether oxygens (including phenoxy) is 2. The smallest absolute Gasteiger partial charge is 0.279 e. The average molecular weight is 937 g/mol. The van der Waals surface area contributed by atoms with Crippen molar-refractivity contribution in [1.82, 2.24) is 24.5 Å². The van der Waals surface area contributed by atoms with E-state index < -0.39 is 25.7 Å². The van der Waals surface area contributed by atoms with Crippen molar-refractivity contribution in [2.75, 3.05) is 25.2 Å². The first-order valence-electron chi connectivity index (χ1n) is 23.2. The van der Waals surface area contributed by atoms with Gasteiger partial charge in [0.25, 0.3) is 17.0 Å². The summed E-state index contributed by atoms with van der Waals surface area (Å²) in [6.07, 6.45) is 2.55. The largest absolute Gasteiger partial charge is 0.497 e. The highest BCUT2D eigenvalue weighted by atomic mass is 28.3. The van der Waals surface area contributed by atoms with Crippen LogP contribution < -0.4 is 25.9 Å². The number of carbonyl (C=O) groups is 2. The molecule has 8 aromatic rings. The van der Waals surface area contributed by atoms with Crippen LogP contribution in [0.25, 0.3) is 32.9 Å². The first-order valence-corrected chi connectivity index (χ1v) is 26.3. The van der Waals surface area contributed by atoms with Crippen LogP contribution in [0.15, 0.2) is 168 Å². The number of fused-ring (bicyclic) bond motifs is 4. The Balaban J connectivity index is 1.11. The number of carbonyl (C=O) groups excluding carboxylic acids is 2.